The number of aryl methyl sites for hydroxylation is 2. The molecule has 270 valence electrons. The molecule has 13 nitrogen and oxygen atoms in total. The number of methoxy groups -OCH3 is 4. The summed E-state index contributed by atoms with van der Waals surface area (Å²) in [6.45, 7) is 6.55. The Labute approximate surface area is 311 Å². The molecule has 0 fully saturated rings. The first kappa shape index (κ1) is 37.0. The Morgan fingerprint density at radius 3 is 1.67 bits per heavy atom. The third-order valence-corrected chi connectivity index (χ3v) is 13.8. The highest BCUT2D eigenvalue weighted by Crippen LogP contribution is 2.71. The quantitative estimate of drug-likeness (QED) is 0.229. The summed E-state index contributed by atoms with van der Waals surface area (Å²) in [5, 5.41) is 0. The maximum Gasteiger partial charge on any atom is 0.345 e. The molecule has 0 bridgehead atoms. The van der Waals surface area contributed by atoms with Crippen LogP contribution in [0.3, 0.4) is 0 Å². The van der Waals surface area contributed by atoms with Crippen molar-refractivity contribution in [1.82, 2.24) is 4.90 Å². The number of carbonyl (C=O) groups excluding carboxylic acids is 7. The molecule has 0 N–H and O–H groups in total. The number of hydrogen-bond acceptors (Lipinski definition) is 14. The molecule has 52 heavy (non-hydrogen) atoms. The van der Waals surface area contributed by atoms with E-state index < -0.39 is 57.8 Å². The van der Waals surface area contributed by atoms with E-state index in [-0.39, 0.29) is 31.4 Å². The molecule has 0 unspecified atom stereocenters. The van der Waals surface area contributed by atoms with Gasteiger partial charge in [0.1, 0.15) is 25.3 Å². The Morgan fingerprint density at radius 1 is 0.692 bits per heavy atom. The summed E-state index contributed by atoms with van der Waals surface area (Å²) in [6, 6.07) is 9.91. The number of fused-ring (bicyclic) bond motifs is 4. The first-order valence-corrected chi connectivity index (χ1v) is 18.1. The fraction of sp³-hybridized carbons (Fsp3) is 0.306. The number of anilines is 1. The molecule has 4 aliphatic heterocycles. The molecule has 4 aliphatic rings. The van der Waals surface area contributed by atoms with E-state index in [0.29, 0.717) is 21.7 Å². The van der Waals surface area contributed by atoms with E-state index in [1.54, 1.807) is 32.0 Å². The predicted octanol–water partition coefficient (Wildman–Crippen LogP) is 4.52. The van der Waals surface area contributed by atoms with Gasteiger partial charge in [0.15, 0.2) is 0 Å². The summed E-state index contributed by atoms with van der Waals surface area (Å²) in [4.78, 5) is 97.7. The van der Waals surface area contributed by atoms with Crippen LogP contribution in [0.5, 0.6) is 0 Å². The molecule has 2 aromatic carbocycles. The minimum atomic E-state index is -1.75. The van der Waals surface area contributed by atoms with Crippen LogP contribution in [0.4, 0.5) is 5.69 Å². The number of imide groups is 1. The van der Waals surface area contributed by atoms with E-state index in [1.165, 1.54) is 17.0 Å². The van der Waals surface area contributed by atoms with Gasteiger partial charge in [0.2, 0.25) is 5.91 Å². The zero-order valence-electron chi connectivity index (χ0n) is 29.3. The number of amides is 3. The van der Waals surface area contributed by atoms with Crippen LogP contribution in [0.1, 0.15) is 51.3 Å². The average molecular weight is 765 g/mol. The number of carbonyl (C=O) groups is 7. The Balaban J connectivity index is 1.62. The van der Waals surface area contributed by atoms with Crippen LogP contribution < -0.4 is 4.90 Å². The smallest absolute Gasteiger partial charge is 0.345 e. The summed E-state index contributed by atoms with van der Waals surface area (Å²) < 4.78 is 18.7. The number of hydrogen-bond donors (Lipinski definition) is 0. The summed E-state index contributed by atoms with van der Waals surface area (Å²) in [5.41, 5.74) is 1.63. The third kappa shape index (κ3) is 5.37. The molecule has 16 heteroatoms. The molecule has 4 heterocycles. The zero-order chi connectivity index (χ0) is 38.0. The van der Waals surface area contributed by atoms with Gasteiger partial charge in [-0.2, -0.15) is 0 Å². The van der Waals surface area contributed by atoms with Gasteiger partial charge in [0.25, 0.3) is 11.8 Å². The van der Waals surface area contributed by atoms with Crippen molar-refractivity contribution in [3.8, 4) is 0 Å². The molecule has 0 aliphatic carbocycles. The van der Waals surface area contributed by atoms with Crippen molar-refractivity contribution in [2.24, 2.45) is 0 Å². The summed E-state index contributed by atoms with van der Waals surface area (Å²) in [7, 11) is 4.56. The van der Waals surface area contributed by atoms with Crippen LogP contribution in [-0.4, -0.2) is 91.1 Å². The Kier molecular flexibility index (Phi) is 9.47. The van der Waals surface area contributed by atoms with Crippen molar-refractivity contribution in [1.29, 1.82) is 0 Å². The lowest BCUT2D eigenvalue weighted by Gasteiger charge is -2.51. The first-order valence-electron chi connectivity index (χ1n) is 15.6. The van der Waals surface area contributed by atoms with Crippen molar-refractivity contribution in [2.75, 3.05) is 39.9 Å². The molecular formula is C36H32N2O11S3. The Morgan fingerprint density at radius 2 is 1.17 bits per heavy atom. The molecule has 0 radical (unpaired) electrons. The van der Waals surface area contributed by atoms with Gasteiger partial charge in [-0.25, -0.2) is 19.2 Å². The van der Waals surface area contributed by atoms with Gasteiger partial charge in [-0.1, -0.05) is 47.4 Å². The van der Waals surface area contributed by atoms with Gasteiger partial charge in [-0.05, 0) is 63.1 Å². The average Bonchev–Trinajstić information content (AvgIpc) is 3.63. The molecule has 2 aromatic rings. The lowest BCUT2D eigenvalue weighted by atomic mass is 9.82. The second-order valence-electron chi connectivity index (χ2n) is 12.4. The molecule has 6 rings (SSSR count). The minimum Gasteiger partial charge on any atom is -0.466 e. The number of esters is 4. The van der Waals surface area contributed by atoms with E-state index in [4.69, 9.17) is 18.9 Å². The molecule has 0 saturated heterocycles. The molecule has 1 spiro atoms. The highest BCUT2D eigenvalue weighted by molar-refractivity contribution is 8.26. The van der Waals surface area contributed by atoms with Gasteiger partial charge >= 0.3 is 23.9 Å². The fourth-order valence-corrected chi connectivity index (χ4v) is 11.7. The normalized spacial score (nSPS) is 18.3. The van der Waals surface area contributed by atoms with E-state index in [2.05, 4.69) is 0 Å². The SMILES string of the molecule is COC(=O)C1=C(C(=O)OC)SC2(S1)C(C(=O)OC)=C(C(=O)OC)SC1=C2c2cc(C)c(C)cc2N(C(=O)CN2C(=O)c3ccccc3C2=O)C1(C)C. The van der Waals surface area contributed by atoms with Gasteiger partial charge in [-0.3, -0.25) is 19.3 Å². The number of nitrogens with zero attached hydrogens (tertiary/aromatic N) is 2. The third-order valence-electron chi connectivity index (χ3n) is 9.17. The van der Waals surface area contributed by atoms with E-state index >= 15 is 0 Å². The fourth-order valence-electron chi connectivity index (χ4n) is 6.61. The van der Waals surface area contributed by atoms with Gasteiger partial charge in [-0.15, -0.1) is 0 Å². The lowest BCUT2D eigenvalue weighted by molar-refractivity contribution is -0.138. The van der Waals surface area contributed by atoms with Gasteiger partial charge in [0.05, 0.1) is 56.4 Å². The molecule has 0 aromatic heterocycles. The second kappa shape index (κ2) is 13.3. The summed E-state index contributed by atoms with van der Waals surface area (Å²) in [6.07, 6.45) is 0. The monoisotopic (exact) mass is 764 g/mol. The van der Waals surface area contributed by atoms with Gasteiger partial charge < -0.3 is 23.8 Å². The number of benzene rings is 2. The maximum absolute atomic E-state index is 14.6. The van der Waals surface area contributed by atoms with Crippen LogP contribution in [-0.2, 0) is 42.9 Å². The maximum atomic E-state index is 14.6. The summed E-state index contributed by atoms with van der Waals surface area (Å²) in [5.74, 6) is -5.42. The van der Waals surface area contributed by atoms with Crippen molar-refractivity contribution in [3.05, 3.63) is 89.4 Å². The molecule has 3 amide bonds. The van der Waals surface area contributed by atoms with Crippen LogP contribution >= 0.6 is 35.3 Å². The van der Waals surface area contributed by atoms with E-state index in [9.17, 15) is 33.6 Å². The van der Waals surface area contributed by atoms with Crippen molar-refractivity contribution < 1.29 is 52.5 Å². The number of rotatable bonds is 6. The van der Waals surface area contributed by atoms with Crippen LogP contribution in [0, 0.1) is 13.8 Å². The largest absolute Gasteiger partial charge is 0.466 e. The standard InChI is InChI=1S/C36H32N2O11S3/c1-16-13-20-21(14-17(16)2)38(22(39)15-37-29(40)18-11-9-10-12-19(18)30(37)41)35(3,4)28-23(20)36(24(31(42)46-5)25(50-28)32(43)47-6)51-26(33(44)48-7)27(52-36)34(45)49-8/h9-14H,15H2,1-8H3. The molecule has 0 atom stereocenters. The zero-order valence-corrected chi connectivity index (χ0v) is 31.7. The lowest BCUT2D eigenvalue weighted by Crippen LogP contribution is -2.56. The first-order chi connectivity index (χ1) is 24.6. The van der Waals surface area contributed by atoms with E-state index in [1.807, 2.05) is 19.9 Å². The highest BCUT2D eigenvalue weighted by Gasteiger charge is 2.62. The van der Waals surface area contributed by atoms with Crippen molar-refractivity contribution in [3.63, 3.8) is 0 Å². The Hall–Kier alpha value is -4.80. The highest BCUT2D eigenvalue weighted by atomic mass is 32.2. The number of thioether (sulfide) groups is 3. The van der Waals surface area contributed by atoms with Crippen LogP contribution in [0.25, 0.3) is 5.57 Å². The molecular weight excluding hydrogens is 733 g/mol. The van der Waals surface area contributed by atoms with Crippen LogP contribution in [0.15, 0.2) is 61.6 Å². The Bertz CT molecular complexity index is 2090. The molecule has 0 saturated carbocycles. The predicted molar refractivity (Wildman–Crippen MR) is 194 cm³/mol. The second-order valence-corrected chi connectivity index (χ2v) is 16.2. The van der Waals surface area contributed by atoms with Gasteiger partial charge in [0, 0.05) is 16.0 Å². The summed E-state index contributed by atoms with van der Waals surface area (Å²) >= 11 is 2.53. The van der Waals surface area contributed by atoms with Crippen molar-refractivity contribution in [2.45, 2.75) is 37.3 Å². The van der Waals surface area contributed by atoms with Crippen LogP contribution in [0.2, 0.25) is 0 Å². The van der Waals surface area contributed by atoms with Crippen molar-refractivity contribution >= 4 is 88.1 Å². The topological polar surface area (TPSA) is 163 Å². The van der Waals surface area contributed by atoms with E-state index in [0.717, 1.165) is 79.8 Å². The number of ether oxygens (including phenoxy) is 4. The minimum absolute atomic E-state index is 0.170.